The first kappa shape index (κ1) is 20.4. The lowest BCUT2D eigenvalue weighted by Gasteiger charge is -2.27. The maximum atomic E-state index is 14.1. The van der Waals surface area contributed by atoms with Crippen LogP contribution < -0.4 is 4.90 Å². The standard InChI is InChI=1S/C27H24FNO3/c1-17(2)26(20-10-12-21(28)13-11-20)16-27(26)22-8-3-4-9-23(22)29(25(27)32)15-18-6-5-7-19(14-18)24(30)31/h3-14,17H,15-16H2,1-2H3,(H,30,31). The Morgan fingerprint density at radius 2 is 1.78 bits per heavy atom. The van der Waals surface area contributed by atoms with Crippen molar-refractivity contribution in [2.24, 2.45) is 5.92 Å². The van der Waals surface area contributed by atoms with Crippen LogP contribution in [0.1, 0.15) is 47.3 Å². The predicted octanol–water partition coefficient (Wildman–Crippen LogP) is 5.31. The Morgan fingerprint density at radius 3 is 2.47 bits per heavy atom. The topological polar surface area (TPSA) is 57.6 Å². The first-order chi connectivity index (χ1) is 15.3. The molecule has 2 aliphatic rings. The molecular weight excluding hydrogens is 405 g/mol. The van der Waals surface area contributed by atoms with Gasteiger partial charge in [0.15, 0.2) is 0 Å². The molecule has 0 radical (unpaired) electrons. The van der Waals surface area contributed by atoms with Crippen molar-refractivity contribution in [2.75, 3.05) is 4.90 Å². The number of nitrogens with zero attached hydrogens (tertiary/aromatic N) is 1. The summed E-state index contributed by atoms with van der Waals surface area (Å²) in [4.78, 5) is 27.2. The summed E-state index contributed by atoms with van der Waals surface area (Å²) in [5, 5.41) is 9.34. The second kappa shape index (κ2) is 7.02. The molecule has 1 spiro atoms. The van der Waals surface area contributed by atoms with Crippen molar-refractivity contribution in [3.05, 3.63) is 101 Å². The number of fused-ring (bicyclic) bond motifs is 2. The molecule has 3 aromatic carbocycles. The van der Waals surface area contributed by atoms with Gasteiger partial charge in [0.2, 0.25) is 5.91 Å². The fourth-order valence-corrected chi connectivity index (χ4v) is 5.77. The Bertz CT molecular complexity index is 1240. The van der Waals surface area contributed by atoms with Crippen LogP contribution in [0.4, 0.5) is 10.1 Å². The molecule has 0 aromatic heterocycles. The Morgan fingerprint density at radius 1 is 1.06 bits per heavy atom. The van der Waals surface area contributed by atoms with E-state index in [2.05, 4.69) is 13.8 Å². The van der Waals surface area contributed by atoms with Gasteiger partial charge in [0, 0.05) is 11.1 Å². The second-order valence-electron chi connectivity index (χ2n) is 9.13. The number of hydrogen-bond acceptors (Lipinski definition) is 2. The molecule has 4 nitrogen and oxygen atoms in total. The number of rotatable bonds is 5. The van der Waals surface area contributed by atoms with Gasteiger partial charge in [-0.1, -0.05) is 56.3 Å². The molecule has 1 N–H and O–H groups in total. The number of hydrogen-bond donors (Lipinski definition) is 1. The van der Waals surface area contributed by atoms with Crippen molar-refractivity contribution in [2.45, 2.75) is 37.6 Å². The largest absolute Gasteiger partial charge is 0.478 e. The van der Waals surface area contributed by atoms with Gasteiger partial charge < -0.3 is 10.0 Å². The highest BCUT2D eigenvalue weighted by Crippen LogP contribution is 2.73. The molecule has 0 saturated heterocycles. The number of para-hydroxylation sites is 1. The van der Waals surface area contributed by atoms with E-state index in [1.807, 2.05) is 30.3 Å². The highest BCUT2D eigenvalue weighted by molar-refractivity contribution is 6.12. The molecule has 2 unspecified atom stereocenters. The summed E-state index contributed by atoms with van der Waals surface area (Å²) in [6, 6.07) is 21.1. The molecule has 1 fully saturated rings. The third-order valence-corrected chi connectivity index (χ3v) is 7.31. The number of benzene rings is 3. The molecule has 3 aromatic rings. The third-order valence-electron chi connectivity index (χ3n) is 7.31. The number of anilines is 1. The van der Waals surface area contributed by atoms with Gasteiger partial charge in [-0.05, 0) is 59.4 Å². The maximum absolute atomic E-state index is 14.1. The Hall–Kier alpha value is -3.47. The number of carboxylic acids is 1. The number of amides is 1. The van der Waals surface area contributed by atoms with Crippen molar-refractivity contribution in [1.29, 1.82) is 0 Å². The van der Waals surface area contributed by atoms with Crippen LogP contribution in [0.5, 0.6) is 0 Å². The Balaban J connectivity index is 1.60. The molecule has 2 atom stereocenters. The van der Waals surface area contributed by atoms with E-state index in [0.717, 1.165) is 22.4 Å². The molecule has 1 aliphatic carbocycles. The monoisotopic (exact) mass is 429 g/mol. The lowest BCUT2D eigenvalue weighted by molar-refractivity contribution is -0.121. The smallest absolute Gasteiger partial charge is 0.335 e. The number of carboxylic acid groups (broad SMARTS) is 1. The average Bonchev–Trinajstić information content (AvgIpc) is 3.45. The first-order valence-corrected chi connectivity index (χ1v) is 10.8. The molecule has 32 heavy (non-hydrogen) atoms. The maximum Gasteiger partial charge on any atom is 0.335 e. The number of aromatic carboxylic acids is 1. The molecule has 1 saturated carbocycles. The highest BCUT2D eigenvalue weighted by atomic mass is 19.1. The first-order valence-electron chi connectivity index (χ1n) is 10.8. The van der Waals surface area contributed by atoms with Crippen LogP contribution in [0.2, 0.25) is 0 Å². The van der Waals surface area contributed by atoms with Crippen molar-refractivity contribution >= 4 is 17.6 Å². The zero-order valence-corrected chi connectivity index (χ0v) is 18.0. The van der Waals surface area contributed by atoms with Crippen molar-refractivity contribution in [3.63, 3.8) is 0 Å². The van der Waals surface area contributed by atoms with Crippen LogP contribution in [0.25, 0.3) is 0 Å². The van der Waals surface area contributed by atoms with E-state index in [-0.39, 0.29) is 23.2 Å². The highest BCUT2D eigenvalue weighted by Gasteiger charge is 2.77. The number of carbonyl (C=O) groups is 2. The average molecular weight is 429 g/mol. The summed E-state index contributed by atoms with van der Waals surface area (Å²) >= 11 is 0. The second-order valence-corrected chi connectivity index (χ2v) is 9.13. The third kappa shape index (κ3) is 2.67. The van der Waals surface area contributed by atoms with Crippen molar-refractivity contribution < 1.29 is 19.1 Å². The molecule has 1 aliphatic heterocycles. The van der Waals surface area contributed by atoms with Gasteiger partial charge in [0.1, 0.15) is 5.82 Å². The number of halogens is 1. The molecule has 0 bridgehead atoms. The molecular formula is C27H24FNO3. The fraction of sp³-hybridized carbons (Fsp3) is 0.259. The lowest BCUT2D eigenvalue weighted by Crippen LogP contribution is -2.38. The van der Waals surface area contributed by atoms with E-state index in [0.29, 0.717) is 13.0 Å². The molecule has 1 heterocycles. The van der Waals surface area contributed by atoms with Gasteiger partial charge in [-0.15, -0.1) is 0 Å². The number of carbonyl (C=O) groups excluding carboxylic acids is 1. The van der Waals surface area contributed by atoms with Gasteiger partial charge >= 0.3 is 5.97 Å². The van der Waals surface area contributed by atoms with Gasteiger partial charge in [0.25, 0.3) is 0 Å². The quantitative estimate of drug-likeness (QED) is 0.598. The Kier molecular flexibility index (Phi) is 4.48. The zero-order valence-electron chi connectivity index (χ0n) is 18.0. The van der Waals surface area contributed by atoms with E-state index < -0.39 is 16.8 Å². The zero-order chi connectivity index (χ0) is 22.7. The van der Waals surface area contributed by atoms with Gasteiger partial charge in [-0.3, -0.25) is 4.79 Å². The predicted molar refractivity (Wildman–Crippen MR) is 120 cm³/mol. The van der Waals surface area contributed by atoms with Crippen LogP contribution in [-0.4, -0.2) is 17.0 Å². The van der Waals surface area contributed by atoms with E-state index in [9.17, 15) is 19.1 Å². The van der Waals surface area contributed by atoms with Crippen LogP contribution in [0, 0.1) is 11.7 Å². The summed E-state index contributed by atoms with van der Waals surface area (Å²) in [5.74, 6) is -1.09. The summed E-state index contributed by atoms with van der Waals surface area (Å²) in [6.45, 7) is 4.54. The van der Waals surface area contributed by atoms with Gasteiger partial charge in [-0.2, -0.15) is 0 Å². The van der Waals surface area contributed by atoms with E-state index in [1.54, 1.807) is 35.2 Å². The van der Waals surface area contributed by atoms with Gasteiger partial charge in [-0.25, -0.2) is 9.18 Å². The molecule has 162 valence electrons. The lowest BCUT2D eigenvalue weighted by atomic mass is 9.75. The summed E-state index contributed by atoms with van der Waals surface area (Å²) in [6.07, 6.45) is 0.671. The summed E-state index contributed by atoms with van der Waals surface area (Å²) in [5.41, 5.74) is 2.70. The van der Waals surface area contributed by atoms with E-state index in [4.69, 9.17) is 0 Å². The van der Waals surface area contributed by atoms with Crippen molar-refractivity contribution in [1.82, 2.24) is 0 Å². The molecule has 5 rings (SSSR count). The minimum atomic E-state index is -0.992. The summed E-state index contributed by atoms with van der Waals surface area (Å²) < 4.78 is 13.7. The van der Waals surface area contributed by atoms with Gasteiger partial charge in [0.05, 0.1) is 17.5 Å². The fourth-order valence-electron chi connectivity index (χ4n) is 5.77. The summed E-state index contributed by atoms with van der Waals surface area (Å²) in [7, 11) is 0. The molecule has 1 amide bonds. The van der Waals surface area contributed by atoms with Crippen LogP contribution in [0.3, 0.4) is 0 Å². The normalized spacial score (nSPS) is 23.6. The minimum Gasteiger partial charge on any atom is -0.478 e. The van der Waals surface area contributed by atoms with Crippen LogP contribution >= 0.6 is 0 Å². The van der Waals surface area contributed by atoms with E-state index >= 15 is 0 Å². The van der Waals surface area contributed by atoms with Crippen LogP contribution in [0.15, 0.2) is 72.8 Å². The minimum absolute atomic E-state index is 0.0254. The van der Waals surface area contributed by atoms with Crippen LogP contribution in [-0.2, 0) is 22.2 Å². The van der Waals surface area contributed by atoms with Crippen molar-refractivity contribution in [3.8, 4) is 0 Å². The molecule has 5 heteroatoms. The van der Waals surface area contributed by atoms with E-state index in [1.165, 1.54) is 12.1 Å². The SMILES string of the molecule is CC(C)C1(c2ccc(F)cc2)CC12C(=O)N(Cc1cccc(C(=O)O)c1)c1ccccc12. The Labute approximate surface area is 186 Å².